The summed E-state index contributed by atoms with van der Waals surface area (Å²) in [6.07, 6.45) is 4.51. The minimum absolute atomic E-state index is 0.240. The summed E-state index contributed by atoms with van der Waals surface area (Å²) in [5.74, 6) is 0. The van der Waals surface area contributed by atoms with Crippen molar-refractivity contribution in [1.82, 2.24) is 14.5 Å². The van der Waals surface area contributed by atoms with Crippen LogP contribution in [0.15, 0.2) is 60.9 Å². The fourth-order valence-corrected chi connectivity index (χ4v) is 4.63. The van der Waals surface area contributed by atoms with Crippen molar-refractivity contribution < 1.29 is 4.74 Å². The van der Waals surface area contributed by atoms with Gasteiger partial charge in [0.2, 0.25) is 0 Å². The normalized spacial score (nSPS) is 22.0. The Morgan fingerprint density at radius 1 is 0.897 bits per heavy atom. The second kappa shape index (κ2) is 7.82. The first-order valence-electron chi connectivity index (χ1n) is 10.3. The third-order valence-electron chi connectivity index (χ3n) is 6.12. The van der Waals surface area contributed by atoms with Gasteiger partial charge in [0.15, 0.2) is 0 Å². The van der Waals surface area contributed by atoms with E-state index in [-0.39, 0.29) is 6.04 Å². The molecule has 2 saturated heterocycles. The Bertz CT molecular complexity index is 1010. The van der Waals surface area contributed by atoms with Gasteiger partial charge in [-0.1, -0.05) is 42.5 Å². The fraction of sp³-hybridized carbons (Fsp3) is 0.333. The third-order valence-corrected chi connectivity index (χ3v) is 6.12. The molecule has 1 aromatic heterocycles. The van der Waals surface area contributed by atoms with Crippen molar-refractivity contribution in [2.24, 2.45) is 0 Å². The van der Waals surface area contributed by atoms with Gasteiger partial charge in [-0.2, -0.15) is 5.26 Å². The first-order chi connectivity index (χ1) is 14.3. The summed E-state index contributed by atoms with van der Waals surface area (Å²) < 4.78 is 8.25. The van der Waals surface area contributed by atoms with Gasteiger partial charge in [0, 0.05) is 11.1 Å². The van der Waals surface area contributed by atoms with Crippen molar-refractivity contribution in [3.05, 3.63) is 66.5 Å². The van der Waals surface area contributed by atoms with E-state index >= 15 is 0 Å². The lowest BCUT2D eigenvalue weighted by Gasteiger charge is -2.29. The van der Waals surface area contributed by atoms with Crippen LogP contribution in [-0.4, -0.2) is 46.8 Å². The number of ether oxygens (including phenoxy) is 1. The van der Waals surface area contributed by atoms with E-state index in [0.717, 1.165) is 42.2 Å². The van der Waals surface area contributed by atoms with Crippen LogP contribution >= 0.6 is 0 Å². The molecule has 3 heterocycles. The molecular weight excluding hydrogens is 360 g/mol. The average Bonchev–Trinajstić information content (AvgIpc) is 3.54. The molecule has 5 nitrogen and oxygen atoms in total. The van der Waals surface area contributed by atoms with E-state index in [4.69, 9.17) is 9.72 Å². The van der Waals surface area contributed by atoms with Crippen molar-refractivity contribution >= 4 is 0 Å². The third kappa shape index (κ3) is 3.35. The van der Waals surface area contributed by atoms with Gasteiger partial charge in [0.05, 0.1) is 54.6 Å². The predicted molar refractivity (Wildman–Crippen MR) is 112 cm³/mol. The van der Waals surface area contributed by atoms with Gasteiger partial charge in [-0.3, -0.25) is 4.90 Å². The van der Waals surface area contributed by atoms with Crippen LogP contribution in [0.4, 0.5) is 0 Å². The molecule has 0 spiro atoms. The zero-order valence-electron chi connectivity index (χ0n) is 16.4. The fourth-order valence-electron chi connectivity index (χ4n) is 4.63. The maximum absolute atomic E-state index is 9.19. The molecule has 0 saturated carbocycles. The van der Waals surface area contributed by atoms with E-state index in [1.54, 1.807) is 0 Å². The zero-order valence-corrected chi connectivity index (χ0v) is 16.4. The highest BCUT2D eigenvalue weighted by atomic mass is 16.5. The number of benzene rings is 2. The van der Waals surface area contributed by atoms with E-state index in [2.05, 4.69) is 27.7 Å². The highest BCUT2D eigenvalue weighted by Crippen LogP contribution is 2.37. The minimum atomic E-state index is 0.240. The van der Waals surface area contributed by atoms with Crippen molar-refractivity contribution in [2.75, 3.05) is 26.3 Å². The van der Waals surface area contributed by atoms with Gasteiger partial charge in [0.25, 0.3) is 0 Å². The molecule has 0 radical (unpaired) electrons. The van der Waals surface area contributed by atoms with Gasteiger partial charge in [-0.05, 0) is 38.1 Å². The van der Waals surface area contributed by atoms with Crippen LogP contribution in [0.25, 0.3) is 22.5 Å². The largest absolute Gasteiger partial charge is 0.378 e. The van der Waals surface area contributed by atoms with Crippen LogP contribution in [0.1, 0.15) is 24.4 Å². The molecule has 5 rings (SSSR count). The Kier molecular flexibility index (Phi) is 4.89. The lowest BCUT2D eigenvalue weighted by Crippen LogP contribution is -2.39. The van der Waals surface area contributed by atoms with Crippen molar-refractivity contribution in [3.63, 3.8) is 0 Å². The Morgan fingerprint density at radius 3 is 2.34 bits per heavy atom. The Labute approximate surface area is 171 Å². The number of aromatic nitrogens is 2. The molecule has 2 aliphatic heterocycles. The van der Waals surface area contributed by atoms with Gasteiger partial charge in [-0.15, -0.1) is 0 Å². The smallest absolute Gasteiger partial charge is 0.0991 e. The molecule has 2 aromatic carbocycles. The van der Waals surface area contributed by atoms with Crippen molar-refractivity contribution in [1.29, 1.82) is 5.26 Å². The first kappa shape index (κ1) is 18.1. The maximum Gasteiger partial charge on any atom is 0.0991 e. The number of nitriles is 1. The average molecular weight is 384 g/mol. The molecule has 0 N–H and O–H groups in total. The molecule has 0 amide bonds. The molecule has 3 aromatic rings. The second-order valence-electron chi connectivity index (χ2n) is 7.82. The van der Waals surface area contributed by atoms with E-state index in [1.165, 1.54) is 12.8 Å². The number of nitrogens with zero attached hydrogens (tertiary/aromatic N) is 4. The number of hydrogen-bond acceptors (Lipinski definition) is 4. The number of imidazole rings is 1. The number of likely N-dealkylation sites (tertiary alicyclic amines) is 1. The maximum atomic E-state index is 9.19. The molecule has 0 unspecified atom stereocenters. The van der Waals surface area contributed by atoms with Crippen molar-refractivity contribution in [2.45, 2.75) is 24.9 Å². The monoisotopic (exact) mass is 384 g/mol. The second-order valence-corrected chi connectivity index (χ2v) is 7.82. The van der Waals surface area contributed by atoms with Gasteiger partial charge < -0.3 is 9.30 Å². The van der Waals surface area contributed by atoms with Crippen LogP contribution in [0.5, 0.6) is 0 Å². The topological polar surface area (TPSA) is 54.1 Å². The molecule has 0 bridgehead atoms. The van der Waals surface area contributed by atoms with E-state index in [9.17, 15) is 5.26 Å². The molecule has 0 aliphatic carbocycles. The van der Waals surface area contributed by atoms with Crippen LogP contribution in [0.2, 0.25) is 0 Å². The quantitative estimate of drug-likeness (QED) is 0.679. The SMILES string of the molecule is N#Cc1ccc(-c2c(-c3ccccc3)ncn2[C@H]2COC[C@@H]2N2CCCC2)cc1. The summed E-state index contributed by atoms with van der Waals surface area (Å²) in [6.45, 7) is 3.78. The Morgan fingerprint density at radius 2 is 1.62 bits per heavy atom. The van der Waals surface area contributed by atoms with Gasteiger partial charge >= 0.3 is 0 Å². The first-order valence-corrected chi connectivity index (χ1v) is 10.3. The molecular formula is C24H24N4O. The summed E-state index contributed by atoms with van der Waals surface area (Å²) in [7, 11) is 0. The highest BCUT2D eigenvalue weighted by molar-refractivity contribution is 5.79. The number of hydrogen-bond donors (Lipinski definition) is 0. The van der Waals surface area contributed by atoms with E-state index in [1.807, 2.05) is 48.8 Å². The van der Waals surface area contributed by atoms with Crippen molar-refractivity contribution in [3.8, 4) is 28.6 Å². The summed E-state index contributed by atoms with van der Waals surface area (Å²) in [6, 6.07) is 21.0. The molecule has 2 aliphatic rings. The molecule has 2 atom stereocenters. The summed E-state index contributed by atoms with van der Waals surface area (Å²) >= 11 is 0. The lowest BCUT2D eigenvalue weighted by molar-refractivity contribution is 0.158. The Balaban J connectivity index is 1.61. The number of rotatable bonds is 4. The van der Waals surface area contributed by atoms with Crippen LogP contribution in [0, 0.1) is 11.3 Å². The van der Waals surface area contributed by atoms with E-state index < -0.39 is 0 Å². The molecule has 5 heteroatoms. The Hall–Kier alpha value is -2.94. The molecule has 29 heavy (non-hydrogen) atoms. The van der Waals surface area contributed by atoms with Crippen LogP contribution in [0.3, 0.4) is 0 Å². The van der Waals surface area contributed by atoms with E-state index in [0.29, 0.717) is 18.2 Å². The molecule has 2 fully saturated rings. The zero-order chi connectivity index (χ0) is 19.6. The van der Waals surface area contributed by atoms with Gasteiger partial charge in [0.1, 0.15) is 0 Å². The van der Waals surface area contributed by atoms with Crippen LogP contribution in [-0.2, 0) is 4.74 Å². The standard InChI is InChI=1S/C24H24N4O/c25-14-18-8-10-20(11-9-18)24-23(19-6-2-1-3-7-19)26-17-28(24)22-16-29-15-21(22)27-12-4-5-13-27/h1-3,6-11,17,21-22H,4-5,12-13,15-16H2/t21-,22-/m0/s1. The highest BCUT2D eigenvalue weighted by Gasteiger charge is 2.37. The van der Waals surface area contributed by atoms with Crippen LogP contribution < -0.4 is 0 Å². The molecule has 146 valence electrons. The van der Waals surface area contributed by atoms with Gasteiger partial charge in [-0.25, -0.2) is 4.98 Å². The summed E-state index contributed by atoms with van der Waals surface area (Å²) in [5, 5.41) is 9.19. The summed E-state index contributed by atoms with van der Waals surface area (Å²) in [5.41, 5.74) is 4.91. The predicted octanol–water partition coefficient (Wildman–Crippen LogP) is 4.12. The summed E-state index contributed by atoms with van der Waals surface area (Å²) in [4.78, 5) is 7.41. The minimum Gasteiger partial charge on any atom is -0.378 e. The lowest BCUT2D eigenvalue weighted by atomic mass is 10.0.